The number of methoxy groups -OCH3 is 2. The molecule has 0 atom stereocenters. The molecule has 1 aromatic heterocycles. The van der Waals surface area contributed by atoms with Crippen LogP contribution >= 0.6 is 11.3 Å². The second-order valence-corrected chi connectivity index (χ2v) is 6.94. The number of carbonyl (C=O) groups is 3. The van der Waals surface area contributed by atoms with Crippen LogP contribution in [0, 0.1) is 0 Å². The molecule has 1 fully saturated rings. The Hall–Kier alpha value is -2.94. The van der Waals surface area contributed by atoms with Gasteiger partial charge in [0.25, 0.3) is 0 Å². The number of Topliss-reactive ketones (excluding diaryl/α,β-unsaturated/α-hetero) is 1. The van der Waals surface area contributed by atoms with Crippen molar-refractivity contribution in [1.82, 2.24) is 4.98 Å². The molecular formula is C19H20N2O6S. The van der Waals surface area contributed by atoms with Crippen molar-refractivity contribution in [3.63, 3.8) is 0 Å². The van der Waals surface area contributed by atoms with Crippen LogP contribution in [-0.2, 0) is 20.7 Å². The highest BCUT2D eigenvalue weighted by atomic mass is 32.1. The van der Waals surface area contributed by atoms with Gasteiger partial charge >= 0.3 is 5.97 Å². The lowest BCUT2D eigenvalue weighted by atomic mass is 10.1. The van der Waals surface area contributed by atoms with Crippen molar-refractivity contribution in [1.29, 1.82) is 0 Å². The second kappa shape index (κ2) is 8.83. The molecule has 0 radical (unpaired) electrons. The summed E-state index contributed by atoms with van der Waals surface area (Å²) >= 11 is 1.31. The van der Waals surface area contributed by atoms with Crippen molar-refractivity contribution < 1.29 is 28.6 Å². The maximum Gasteiger partial charge on any atom is 0.312 e. The van der Waals surface area contributed by atoms with Crippen LogP contribution in [0.2, 0.25) is 0 Å². The first-order valence-electron chi connectivity index (χ1n) is 8.67. The molecule has 0 unspecified atom stereocenters. The number of amides is 1. The van der Waals surface area contributed by atoms with E-state index in [9.17, 15) is 14.4 Å². The van der Waals surface area contributed by atoms with E-state index in [4.69, 9.17) is 14.2 Å². The van der Waals surface area contributed by atoms with Gasteiger partial charge in [0.1, 0.15) is 0 Å². The molecular weight excluding hydrogens is 384 g/mol. The zero-order valence-electron chi connectivity index (χ0n) is 15.6. The van der Waals surface area contributed by atoms with Crippen LogP contribution < -0.4 is 14.4 Å². The summed E-state index contributed by atoms with van der Waals surface area (Å²) < 4.78 is 15.4. The Balaban J connectivity index is 1.53. The average Bonchev–Trinajstić information content (AvgIpc) is 3.33. The number of benzene rings is 1. The highest BCUT2D eigenvalue weighted by Crippen LogP contribution is 2.28. The Kier molecular flexibility index (Phi) is 6.25. The predicted octanol–water partition coefficient (Wildman–Crippen LogP) is 2.26. The third-order valence-corrected chi connectivity index (χ3v) is 5.15. The summed E-state index contributed by atoms with van der Waals surface area (Å²) in [5.74, 6) is 0.0661. The van der Waals surface area contributed by atoms with Crippen LogP contribution in [0.5, 0.6) is 11.5 Å². The largest absolute Gasteiger partial charge is 0.493 e. The Labute approximate surface area is 166 Å². The van der Waals surface area contributed by atoms with E-state index in [1.54, 1.807) is 22.4 Å². The maximum absolute atomic E-state index is 12.3. The molecule has 0 bridgehead atoms. The number of thiazole rings is 1. The molecule has 1 aliphatic heterocycles. The zero-order valence-corrected chi connectivity index (χ0v) is 16.4. The van der Waals surface area contributed by atoms with Gasteiger partial charge in [-0.3, -0.25) is 19.3 Å². The number of aromatic nitrogens is 1. The van der Waals surface area contributed by atoms with Crippen molar-refractivity contribution in [3.8, 4) is 11.5 Å². The summed E-state index contributed by atoms with van der Waals surface area (Å²) in [6.45, 7) is 0.270. The van der Waals surface area contributed by atoms with E-state index in [1.807, 2.05) is 0 Å². The van der Waals surface area contributed by atoms with Gasteiger partial charge in [0.15, 0.2) is 29.0 Å². The quantitative estimate of drug-likeness (QED) is 0.492. The van der Waals surface area contributed by atoms with Crippen LogP contribution in [-0.4, -0.2) is 50.0 Å². The summed E-state index contributed by atoms with van der Waals surface area (Å²) in [5, 5.41) is 2.31. The molecule has 3 rings (SSSR count). The van der Waals surface area contributed by atoms with Crippen LogP contribution in [0.15, 0.2) is 23.6 Å². The third-order valence-electron chi connectivity index (χ3n) is 4.24. The van der Waals surface area contributed by atoms with Gasteiger partial charge in [-0.1, -0.05) is 0 Å². The maximum atomic E-state index is 12.3. The lowest BCUT2D eigenvalue weighted by Crippen LogP contribution is -2.23. The monoisotopic (exact) mass is 404 g/mol. The third kappa shape index (κ3) is 4.48. The van der Waals surface area contributed by atoms with Crippen LogP contribution in [0.4, 0.5) is 5.13 Å². The summed E-state index contributed by atoms with van der Waals surface area (Å²) in [5.41, 5.74) is 0.872. The predicted molar refractivity (Wildman–Crippen MR) is 102 cm³/mol. The van der Waals surface area contributed by atoms with Gasteiger partial charge in [-0.05, 0) is 24.6 Å². The molecule has 1 aromatic carbocycles. The van der Waals surface area contributed by atoms with Gasteiger partial charge in [0.2, 0.25) is 5.91 Å². The fraction of sp³-hybridized carbons (Fsp3) is 0.368. The lowest BCUT2D eigenvalue weighted by molar-refractivity contribution is -0.141. The number of ether oxygens (including phenoxy) is 3. The topological polar surface area (TPSA) is 95.0 Å². The first-order valence-corrected chi connectivity index (χ1v) is 9.55. The molecule has 2 heterocycles. The first kappa shape index (κ1) is 19.8. The summed E-state index contributed by atoms with van der Waals surface area (Å²) in [6.07, 6.45) is 1.28. The van der Waals surface area contributed by atoms with Gasteiger partial charge in [0.05, 0.1) is 26.3 Å². The van der Waals surface area contributed by atoms with E-state index >= 15 is 0 Å². The van der Waals surface area contributed by atoms with Gasteiger partial charge in [-0.2, -0.15) is 0 Å². The highest BCUT2D eigenvalue weighted by Gasteiger charge is 2.24. The molecule has 148 valence electrons. The minimum absolute atomic E-state index is 0.0454. The van der Waals surface area contributed by atoms with Crippen LogP contribution in [0.25, 0.3) is 0 Å². The van der Waals surface area contributed by atoms with Crippen molar-refractivity contribution >= 4 is 34.1 Å². The summed E-state index contributed by atoms with van der Waals surface area (Å²) in [4.78, 5) is 42.0. The summed E-state index contributed by atoms with van der Waals surface area (Å²) in [7, 11) is 2.98. The summed E-state index contributed by atoms with van der Waals surface area (Å²) in [6, 6.07) is 4.73. The molecule has 0 N–H and O–H groups in total. The number of rotatable bonds is 8. The van der Waals surface area contributed by atoms with Gasteiger partial charge in [0, 0.05) is 23.9 Å². The number of hydrogen-bond acceptors (Lipinski definition) is 8. The Morgan fingerprint density at radius 3 is 2.68 bits per heavy atom. The normalized spacial score (nSPS) is 13.5. The molecule has 2 aromatic rings. The average molecular weight is 404 g/mol. The van der Waals surface area contributed by atoms with Crippen molar-refractivity contribution in [2.75, 3.05) is 32.3 Å². The van der Waals surface area contributed by atoms with E-state index in [2.05, 4.69) is 4.98 Å². The number of esters is 1. The lowest BCUT2D eigenvalue weighted by Gasteiger charge is -2.10. The molecule has 8 nitrogen and oxygen atoms in total. The van der Waals surface area contributed by atoms with E-state index in [-0.39, 0.29) is 24.7 Å². The number of carbonyl (C=O) groups excluding carboxylic acids is 3. The molecule has 1 saturated heterocycles. The number of nitrogens with zero attached hydrogens (tertiary/aromatic N) is 2. The minimum atomic E-state index is -0.557. The van der Waals surface area contributed by atoms with E-state index < -0.39 is 5.97 Å². The number of ketones is 1. The zero-order chi connectivity index (χ0) is 20.1. The Morgan fingerprint density at radius 1 is 1.21 bits per heavy atom. The molecule has 1 aliphatic rings. The molecule has 1 amide bonds. The van der Waals surface area contributed by atoms with Gasteiger partial charge < -0.3 is 14.2 Å². The SMILES string of the molecule is COc1ccc(C(=O)COC(=O)Cc2csc(N3CCCC3=O)n2)cc1OC. The standard InChI is InChI=1S/C19H20N2O6S/c1-25-15-6-5-12(8-16(15)26-2)14(22)10-27-18(24)9-13-11-28-19(20-13)21-7-3-4-17(21)23/h5-6,8,11H,3-4,7,9-10H2,1-2H3. The Morgan fingerprint density at radius 2 is 2.00 bits per heavy atom. The van der Waals surface area contributed by atoms with Crippen molar-refractivity contribution in [2.45, 2.75) is 19.3 Å². The van der Waals surface area contributed by atoms with Gasteiger partial charge in [-0.25, -0.2) is 4.98 Å². The van der Waals surface area contributed by atoms with E-state index in [1.165, 1.54) is 31.6 Å². The fourth-order valence-corrected chi connectivity index (χ4v) is 3.66. The van der Waals surface area contributed by atoms with E-state index in [0.29, 0.717) is 40.9 Å². The molecule has 9 heteroatoms. The highest BCUT2D eigenvalue weighted by molar-refractivity contribution is 7.14. The van der Waals surface area contributed by atoms with Crippen LogP contribution in [0.3, 0.4) is 0 Å². The first-order chi connectivity index (χ1) is 13.5. The van der Waals surface area contributed by atoms with Crippen molar-refractivity contribution in [2.24, 2.45) is 0 Å². The fourth-order valence-electron chi connectivity index (χ4n) is 2.79. The van der Waals surface area contributed by atoms with Crippen LogP contribution in [0.1, 0.15) is 28.9 Å². The Bertz CT molecular complexity index is 894. The van der Waals surface area contributed by atoms with E-state index in [0.717, 1.165) is 6.42 Å². The number of anilines is 1. The second-order valence-electron chi connectivity index (χ2n) is 6.10. The molecule has 28 heavy (non-hydrogen) atoms. The van der Waals surface area contributed by atoms with Crippen molar-refractivity contribution in [3.05, 3.63) is 34.8 Å². The minimum Gasteiger partial charge on any atom is -0.493 e. The van der Waals surface area contributed by atoms with Gasteiger partial charge in [-0.15, -0.1) is 11.3 Å². The smallest absolute Gasteiger partial charge is 0.312 e. The molecule has 0 spiro atoms. The molecule has 0 aliphatic carbocycles. The molecule has 0 saturated carbocycles. The number of hydrogen-bond donors (Lipinski definition) is 0.